The van der Waals surface area contributed by atoms with Crippen molar-refractivity contribution in [2.45, 2.75) is 26.0 Å². The van der Waals surface area contributed by atoms with E-state index in [-0.39, 0.29) is 43.1 Å². The Bertz CT molecular complexity index is 1370. The molecule has 0 aromatic heterocycles. The third kappa shape index (κ3) is 7.52. The van der Waals surface area contributed by atoms with Crippen molar-refractivity contribution < 1.29 is 28.6 Å². The van der Waals surface area contributed by atoms with Crippen LogP contribution in [0, 0.1) is 11.7 Å². The average Bonchev–Trinajstić information content (AvgIpc) is 2.96. The second-order valence-electron chi connectivity index (χ2n) is 10.1. The molecule has 41 heavy (non-hydrogen) atoms. The third-order valence-corrected chi connectivity index (χ3v) is 6.85. The summed E-state index contributed by atoms with van der Waals surface area (Å²) in [5, 5.41) is 18.0. The number of hydrogen-bond donors (Lipinski definition) is 4. The number of amides is 5. The van der Waals surface area contributed by atoms with Crippen molar-refractivity contribution in [3.63, 3.8) is 0 Å². The highest BCUT2D eigenvalue weighted by atomic mass is 19.1. The monoisotopic (exact) mass is 563 g/mol. The van der Waals surface area contributed by atoms with E-state index in [0.29, 0.717) is 22.8 Å². The Morgan fingerprint density at radius 1 is 1.02 bits per heavy atom. The molecule has 0 fully saturated rings. The summed E-state index contributed by atoms with van der Waals surface area (Å²) in [5.41, 5.74) is 1.60. The van der Waals surface area contributed by atoms with Crippen LogP contribution in [0.1, 0.15) is 24.2 Å². The van der Waals surface area contributed by atoms with Crippen molar-refractivity contribution in [3.05, 3.63) is 84.2 Å². The molecule has 3 atom stereocenters. The molecule has 216 valence electrons. The van der Waals surface area contributed by atoms with Gasteiger partial charge in [0.05, 0.1) is 24.8 Å². The summed E-state index contributed by atoms with van der Waals surface area (Å²) in [4.78, 5) is 42.1. The molecular formula is C30H34FN5O5. The molecule has 4 rings (SSSR count). The number of urea groups is 2. The Morgan fingerprint density at radius 2 is 1.66 bits per heavy atom. The maximum absolute atomic E-state index is 13.6. The van der Waals surface area contributed by atoms with Crippen LogP contribution < -0.4 is 20.7 Å². The Morgan fingerprint density at radius 3 is 2.34 bits per heavy atom. The second-order valence-corrected chi connectivity index (χ2v) is 10.1. The van der Waals surface area contributed by atoms with Crippen LogP contribution in [0.25, 0.3) is 0 Å². The van der Waals surface area contributed by atoms with Crippen LogP contribution in [0.4, 0.5) is 31.0 Å². The van der Waals surface area contributed by atoms with E-state index < -0.39 is 24.0 Å². The zero-order valence-corrected chi connectivity index (χ0v) is 23.1. The molecule has 1 aliphatic rings. The van der Waals surface area contributed by atoms with Crippen molar-refractivity contribution in [2.24, 2.45) is 5.92 Å². The minimum absolute atomic E-state index is 0.188. The topological polar surface area (TPSA) is 123 Å². The molecular weight excluding hydrogens is 529 g/mol. The van der Waals surface area contributed by atoms with Crippen molar-refractivity contribution in [3.8, 4) is 5.75 Å². The van der Waals surface area contributed by atoms with Gasteiger partial charge in [-0.3, -0.25) is 4.79 Å². The van der Waals surface area contributed by atoms with Crippen molar-refractivity contribution >= 4 is 35.0 Å². The van der Waals surface area contributed by atoms with Gasteiger partial charge in [-0.1, -0.05) is 25.1 Å². The molecule has 4 N–H and O–H groups in total. The third-order valence-electron chi connectivity index (χ3n) is 6.85. The Balaban J connectivity index is 1.55. The van der Waals surface area contributed by atoms with Crippen LogP contribution in [0.3, 0.4) is 0 Å². The zero-order chi connectivity index (χ0) is 29.5. The predicted octanol–water partition coefficient (Wildman–Crippen LogP) is 4.85. The number of likely N-dealkylation sites (N-methyl/N-ethyl adjacent to an activating group) is 1. The summed E-state index contributed by atoms with van der Waals surface area (Å²) in [6, 6.07) is 17.8. The van der Waals surface area contributed by atoms with Crippen LogP contribution in [0.5, 0.6) is 5.75 Å². The quantitative estimate of drug-likeness (QED) is 0.327. The Hall–Kier alpha value is -4.64. The summed E-state index contributed by atoms with van der Waals surface area (Å²) in [7, 11) is 1.67. The maximum Gasteiger partial charge on any atom is 0.323 e. The van der Waals surface area contributed by atoms with Crippen molar-refractivity contribution in [1.82, 2.24) is 9.80 Å². The molecule has 0 radical (unpaired) electrons. The van der Waals surface area contributed by atoms with Crippen LogP contribution in [0.15, 0.2) is 72.8 Å². The van der Waals surface area contributed by atoms with E-state index in [4.69, 9.17) is 4.74 Å². The largest absolute Gasteiger partial charge is 0.487 e. The molecule has 0 saturated heterocycles. The van der Waals surface area contributed by atoms with Gasteiger partial charge in [0.2, 0.25) is 0 Å². The summed E-state index contributed by atoms with van der Waals surface area (Å²) in [5.74, 6) is -0.673. The van der Waals surface area contributed by atoms with Crippen LogP contribution >= 0.6 is 0 Å². The number of fused-ring (bicyclic) bond motifs is 1. The number of carbonyl (C=O) groups excluding carboxylic acids is 3. The minimum atomic E-state index is -0.575. The first-order valence-corrected chi connectivity index (χ1v) is 13.3. The van der Waals surface area contributed by atoms with E-state index in [0.717, 1.165) is 0 Å². The first-order chi connectivity index (χ1) is 19.6. The number of nitrogens with one attached hydrogen (secondary N) is 3. The van der Waals surface area contributed by atoms with E-state index >= 15 is 0 Å². The lowest BCUT2D eigenvalue weighted by Gasteiger charge is -2.38. The SMILES string of the molecule is C[C@@H]1CN([C@@H](C)CO)C(=O)c2cc(NC(=O)Nc3ccc(F)cc3)ccc2O[C@H]1CN(C)C(=O)Nc1ccccc1. The number of para-hydroxylation sites is 1. The molecule has 0 spiro atoms. The number of anilines is 3. The van der Waals surface area contributed by atoms with Crippen LogP contribution in [-0.2, 0) is 0 Å². The number of carbonyl (C=O) groups is 3. The van der Waals surface area contributed by atoms with Gasteiger partial charge in [-0.05, 0) is 61.5 Å². The number of ether oxygens (including phenoxy) is 1. The van der Waals surface area contributed by atoms with Gasteiger partial charge in [0.25, 0.3) is 5.91 Å². The molecule has 1 heterocycles. The Kier molecular flexibility index (Phi) is 9.41. The van der Waals surface area contributed by atoms with Gasteiger partial charge in [-0.2, -0.15) is 0 Å². The zero-order valence-electron chi connectivity index (χ0n) is 23.1. The molecule has 0 saturated carbocycles. The number of hydrogen-bond acceptors (Lipinski definition) is 5. The van der Waals surface area contributed by atoms with E-state index in [1.165, 1.54) is 35.2 Å². The smallest absolute Gasteiger partial charge is 0.323 e. The standard InChI is InChI=1S/C30H34FN5O5/c1-19-16-36(20(2)18-37)28(38)25-15-24(33-29(39)32-23-11-9-21(31)10-12-23)13-14-26(25)41-27(19)17-35(3)30(40)34-22-7-5-4-6-8-22/h4-15,19-20,27,37H,16-18H2,1-3H3,(H,34,40)(H2,32,33,39)/t19-,20+,27+/m1/s1. The molecule has 0 aliphatic carbocycles. The van der Waals surface area contributed by atoms with Crippen molar-refractivity contribution in [2.75, 3.05) is 42.7 Å². The summed E-state index contributed by atoms with van der Waals surface area (Å²) in [6.07, 6.45) is -0.484. The van der Waals surface area contributed by atoms with Gasteiger partial charge in [0, 0.05) is 36.6 Å². The highest BCUT2D eigenvalue weighted by Crippen LogP contribution is 2.31. The number of halogens is 1. The fraction of sp³-hybridized carbons (Fsp3) is 0.300. The second kappa shape index (κ2) is 13.1. The minimum Gasteiger partial charge on any atom is -0.487 e. The maximum atomic E-state index is 13.6. The Labute approximate surface area is 238 Å². The first-order valence-electron chi connectivity index (χ1n) is 13.3. The molecule has 3 aromatic carbocycles. The predicted molar refractivity (Wildman–Crippen MR) is 155 cm³/mol. The van der Waals surface area contributed by atoms with Gasteiger partial charge in [0.15, 0.2) is 0 Å². The van der Waals surface area contributed by atoms with Crippen LogP contribution in [0.2, 0.25) is 0 Å². The summed E-state index contributed by atoms with van der Waals surface area (Å²) in [6.45, 7) is 3.95. The molecule has 5 amide bonds. The summed E-state index contributed by atoms with van der Waals surface area (Å²) < 4.78 is 19.5. The average molecular weight is 564 g/mol. The van der Waals surface area contributed by atoms with Crippen LogP contribution in [-0.4, -0.2) is 71.8 Å². The molecule has 11 heteroatoms. The van der Waals surface area contributed by atoms with E-state index in [1.54, 1.807) is 43.1 Å². The number of nitrogens with zero attached hydrogens (tertiary/aromatic N) is 2. The van der Waals surface area contributed by atoms with Gasteiger partial charge in [-0.25, -0.2) is 14.0 Å². The lowest BCUT2D eigenvalue weighted by Crippen LogP contribution is -2.50. The summed E-state index contributed by atoms with van der Waals surface area (Å²) >= 11 is 0. The lowest BCUT2D eigenvalue weighted by atomic mass is 9.99. The van der Waals surface area contributed by atoms with Gasteiger partial charge >= 0.3 is 12.1 Å². The highest BCUT2D eigenvalue weighted by Gasteiger charge is 2.34. The lowest BCUT2D eigenvalue weighted by molar-refractivity contribution is 0.0371. The fourth-order valence-electron chi connectivity index (χ4n) is 4.44. The highest BCUT2D eigenvalue weighted by molar-refractivity contribution is 6.02. The first kappa shape index (κ1) is 29.3. The number of rotatable bonds is 7. The molecule has 10 nitrogen and oxygen atoms in total. The number of aliphatic hydroxyl groups is 1. The normalized spacial score (nSPS) is 17.3. The van der Waals surface area contributed by atoms with Gasteiger partial charge < -0.3 is 35.6 Å². The van der Waals surface area contributed by atoms with E-state index in [9.17, 15) is 23.9 Å². The van der Waals surface area contributed by atoms with E-state index in [1.807, 2.05) is 25.1 Å². The van der Waals surface area contributed by atoms with E-state index in [2.05, 4.69) is 16.0 Å². The molecule has 0 bridgehead atoms. The van der Waals surface area contributed by atoms with Gasteiger partial charge in [0.1, 0.15) is 17.7 Å². The molecule has 1 aliphatic heterocycles. The fourth-order valence-corrected chi connectivity index (χ4v) is 4.44. The van der Waals surface area contributed by atoms with Crippen molar-refractivity contribution in [1.29, 1.82) is 0 Å². The number of aliphatic hydroxyl groups excluding tert-OH is 1. The molecule has 0 unspecified atom stereocenters. The number of benzene rings is 3. The molecule has 3 aromatic rings. The van der Waals surface area contributed by atoms with Gasteiger partial charge in [-0.15, -0.1) is 0 Å².